The first kappa shape index (κ1) is 109. The van der Waals surface area contributed by atoms with Gasteiger partial charge in [-0.1, -0.05) is 52.2 Å². The number of amides is 1. The average Bonchev–Trinajstić information content (AvgIpc) is 1.66. The van der Waals surface area contributed by atoms with E-state index in [0.29, 0.717) is 73.3 Å². The van der Waals surface area contributed by atoms with Crippen molar-refractivity contribution in [3.63, 3.8) is 0 Å². The smallest absolute Gasteiger partial charge is 0.330 e. The summed E-state index contributed by atoms with van der Waals surface area (Å²) in [5.74, 6) is -0.272. The van der Waals surface area contributed by atoms with Crippen molar-refractivity contribution in [1.29, 1.82) is 0 Å². The summed E-state index contributed by atoms with van der Waals surface area (Å²) in [6, 6.07) is 0. The first-order valence-electron chi connectivity index (χ1n) is 41.8. The Bertz CT molecular complexity index is 5150. The average molecular weight is 1900 g/mol. The number of allylic oxidation sites excluding steroid dienone is 2. The van der Waals surface area contributed by atoms with E-state index in [1.165, 1.54) is 57.8 Å². The second-order valence-corrected chi connectivity index (χ2v) is 58.2. The van der Waals surface area contributed by atoms with E-state index in [4.69, 9.17) is 48.1 Å². The number of ether oxygens (including phenoxy) is 5. The molecule has 0 aromatic carbocycles. The van der Waals surface area contributed by atoms with Crippen molar-refractivity contribution in [2.45, 2.75) is 215 Å². The number of aliphatic hydroxyl groups excluding tert-OH is 10. The maximum absolute atomic E-state index is 12.1. The number of carbonyl (C=O) groups is 2. The maximum atomic E-state index is 12.1. The van der Waals surface area contributed by atoms with Crippen molar-refractivity contribution in [2.75, 3.05) is 111 Å². The van der Waals surface area contributed by atoms with Gasteiger partial charge in [-0.15, -0.1) is 65.9 Å². The number of aromatic nitrogens is 8. The zero-order valence-corrected chi connectivity index (χ0v) is 81.0. The van der Waals surface area contributed by atoms with Gasteiger partial charge in [-0.2, -0.15) is 0 Å². The number of carbonyl (C=O) groups excluding carboxylic acids is 2. The monoisotopic (exact) mass is 1900 g/mol. The van der Waals surface area contributed by atoms with E-state index in [1.54, 1.807) is 24.5 Å². The van der Waals surface area contributed by atoms with Gasteiger partial charge in [-0.3, -0.25) is 67.0 Å². The maximum Gasteiger partial charge on any atom is 0.330 e. The van der Waals surface area contributed by atoms with Crippen molar-refractivity contribution < 1.29 is 84.3 Å². The number of aromatic amines is 4. The highest BCUT2D eigenvalue weighted by molar-refractivity contribution is 7.73. The van der Waals surface area contributed by atoms with E-state index in [1.807, 2.05) is 20.8 Å². The summed E-state index contributed by atoms with van der Waals surface area (Å²) in [7, 11) is 0. The standard InChI is InChI=1S/2C17H30N3O4PS.C17H25N2O6P.C17H27N2O5P.C16H25N2O4P/c2*1-5-7-18-9-11-10-20(17(26)19-15(11)23)16-14(22)13(21)12(24-16)6-8-25(2,3)4;1-10(20)5-6-11-9-19(17(24)18-15(11)23)16-14(22)13(21)12(25-16)7-8-26(2,3)4;1-5-6-7-11-10-19(17(23)18-15(11)22)16-14(21)13(20)12(24-16)8-9-25(2,3)4;1-6-11-9-18(10(2)17-15(11)21)16-14(20)13(19)12(22-16)7-8-23(3,4)5/h2*10,12-14,16,18,21-22H,2,5-9H2,1,3-4H3,(H,19,23,26);5-6,9,12-14,16,21-22H,2,7-8H2,1,3-4H3,(H,18,23,24);6-7,10,12-14,16,20-21H,2,5,8-9H2,1,3-4H3,(H,18,22,23);6,9,12-14,16,19-20H,1-3,7-8H2,4-5H3,(H,17,21)/b;;6-5+;7-6+;/t4*12-,13-,14-,16-;12-,13-,14-,16?/m11111/s1. The molecule has 1 unspecified atom stereocenters. The number of ketones is 1. The number of aliphatic hydroxyl groups is 10. The number of nitrogens with zero attached hydrogens (tertiary/aromatic N) is 5. The summed E-state index contributed by atoms with van der Waals surface area (Å²) in [4.78, 5) is 106. The van der Waals surface area contributed by atoms with Gasteiger partial charge in [0.25, 0.3) is 28.1 Å². The number of hydrogen-bond donors (Lipinski definition) is 17. The van der Waals surface area contributed by atoms with E-state index in [9.17, 15) is 89.4 Å². The zero-order chi connectivity index (χ0) is 94.7. The number of nitrogens with one attached hydrogen (secondary N) is 7. The second kappa shape index (κ2) is 47.9. The van der Waals surface area contributed by atoms with Crippen LogP contribution in [0.1, 0.15) is 126 Å². The van der Waals surface area contributed by atoms with Crippen LogP contribution in [0.25, 0.3) is 12.2 Å². The minimum atomic E-state index is -1.33. The van der Waals surface area contributed by atoms with Crippen LogP contribution in [0.5, 0.6) is 0 Å². The summed E-state index contributed by atoms with van der Waals surface area (Å²) in [6.07, 6.45) is 26.7. The fourth-order valence-electron chi connectivity index (χ4n) is 13.9. The third kappa shape index (κ3) is 31.9. The highest BCUT2D eigenvalue weighted by atomic mass is 32.1. The van der Waals surface area contributed by atoms with Crippen molar-refractivity contribution in [3.05, 3.63) is 168 Å². The Balaban J connectivity index is 0.000000243. The lowest BCUT2D eigenvalue weighted by Crippen LogP contribution is -2.47. The summed E-state index contributed by atoms with van der Waals surface area (Å²) in [5, 5.41) is 112. The molecule has 0 aliphatic carbocycles. The van der Waals surface area contributed by atoms with Crippen molar-refractivity contribution in [1.82, 2.24) is 59.1 Å². The van der Waals surface area contributed by atoms with Gasteiger partial charge in [-0.25, -0.2) is 9.59 Å². The number of hydrogen-bond acceptors (Lipinski definition) is 28. The largest absolute Gasteiger partial charge is 0.388 e. The molecule has 1 amide bonds. The molecule has 35 nitrogen and oxygen atoms in total. The Morgan fingerprint density at radius 3 is 1.05 bits per heavy atom. The summed E-state index contributed by atoms with van der Waals surface area (Å²) in [5.41, 5.74) is -1.41. The van der Waals surface area contributed by atoms with Crippen LogP contribution in [0, 0.1) is 9.54 Å². The van der Waals surface area contributed by atoms with Gasteiger partial charge in [0, 0.05) is 55.2 Å². The Hall–Kier alpha value is -5.98. The number of H-pyrrole nitrogens is 4. The topological polar surface area (TPSA) is 507 Å². The molecule has 10 heterocycles. The van der Waals surface area contributed by atoms with Crippen LogP contribution in [0.15, 0.2) is 103 Å². The first-order chi connectivity index (χ1) is 58.5. The lowest BCUT2D eigenvalue weighted by molar-refractivity contribution is -0.119. The van der Waals surface area contributed by atoms with Crippen LogP contribution < -0.4 is 49.6 Å². The molecule has 5 fully saturated rings. The normalized spacial score (nSPS) is 27.6. The van der Waals surface area contributed by atoms with Gasteiger partial charge in [0.2, 0.25) is 0 Å². The van der Waals surface area contributed by atoms with Gasteiger partial charge < -0.3 is 95.6 Å². The van der Waals surface area contributed by atoms with Crippen LogP contribution in [0.3, 0.4) is 0 Å². The molecule has 5 saturated heterocycles. The molecule has 20 atom stereocenters. The Morgan fingerprint density at radius 2 is 0.754 bits per heavy atom. The Labute approximate surface area is 746 Å². The van der Waals surface area contributed by atoms with E-state index < -0.39 is 180 Å². The summed E-state index contributed by atoms with van der Waals surface area (Å²) < 4.78 is 34.7. The molecular weight excluding hydrogens is 1760 g/mol. The highest BCUT2D eigenvalue weighted by Gasteiger charge is 2.49. The van der Waals surface area contributed by atoms with Crippen molar-refractivity contribution >= 4 is 114 Å². The Morgan fingerprint density at radius 1 is 0.452 bits per heavy atom. The predicted molar refractivity (Wildman–Crippen MR) is 516 cm³/mol. The SMILES string of the molecule is C=CC1=CN(C2O[C@H](CCP(=C)(C)C)[C@@H](O)[C@H]2O)C(=C)NC1=O.C=P(C)(C)CC[C@H]1O[C@@H](n2cc(/C=C/C(C)=O)c(=O)[nH]c2=O)[C@H](O)[C@@H]1O.C=P(C)(C)CC[C@H]1O[C@@H](n2cc(/C=C/CC)c(=O)[nH]c2=O)[C@H](O)[C@@H]1O.C=P(C)(C)CC[C@H]1O[C@@H](n2cc(CNCCC)c(=O)[nH]c2=S)[C@H](O)[C@@H]1O.C=P(C)(C)CC[C@H]1O[C@@H](n2cc(CNCCC)c(=O)[nH]c2=S)[C@H](O)[C@@H]1O. The lowest BCUT2D eigenvalue weighted by atomic mass is 10.1. The quantitative estimate of drug-likeness (QED) is 0.0141. The van der Waals surface area contributed by atoms with Crippen LogP contribution >= 0.6 is 58.9 Å². The van der Waals surface area contributed by atoms with Crippen LogP contribution in [0.2, 0.25) is 0 Å². The molecule has 126 heavy (non-hydrogen) atoms. The van der Waals surface area contributed by atoms with Gasteiger partial charge in [-0.05, 0) is 205 Å². The van der Waals surface area contributed by atoms with Crippen LogP contribution in [0.4, 0.5) is 0 Å². The molecule has 0 bridgehead atoms. The highest BCUT2D eigenvalue weighted by Crippen LogP contribution is 2.44. The van der Waals surface area contributed by atoms with E-state index >= 15 is 0 Å². The zero-order valence-electron chi connectivity index (χ0n) is 74.9. The summed E-state index contributed by atoms with van der Waals surface area (Å²) >= 11 is 10.5. The second-order valence-electron chi connectivity index (χ2n) is 35.8. The van der Waals surface area contributed by atoms with Crippen LogP contribution in [-0.2, 0) is 46.4 Å². The summed E-state index contributed by atoms with van der Waals surface area (Å²) in [6.45, 7) is 31.7. The third-order valence-electron chi connectivity index (χ3n) is 21.1. The number of rotatable bonds is 33. The molecule has 0 spiro atoms. The lowest BCUT2D eigenvalue weighted by Gasteiger charge is -2.34. The molecule has 708 valence electrons. The van der Waals surface area contributed by atoms with E-state index in [0.717, 1.165) is 72.3 Å². The molecule has 4 aromatic rings. The fourth-order valence-corrected chi connectivity index (χ4v) is 19.1. The molecule has 10 rings (SSSR count). The molecule has 0 saturated carbocycles. The molecule has 17 N–H and O–H groups in total. The third-order valence-corrected chi connectivity index (χ3v) is 29.0. The predicted octanol–water partition coefficient (Wildman–Crippen LogP) is 3.29. The molecule has 6 aliphatic heterocycles. The van der Waals surface area contributed by atoms with Crippen molar-refractivity contribution in [2.24, 2.45) is 0 Å². The van der Waals surface area contributed by atoms with E-state index in [-0.39, 0.29) is 37.9 Å². The van der Waals surface area contributed by atoms with Gasteiger partial charge >= 0.3 is 11.4 Å². The molecule has 6 aliphatic rings. The van der Waals surface area contributed by atoms with Gasteiger partial charge in [0.15, 0.2) is 46.5 Å². The molecule has 0 radical (unpaired) electrons. The van der Waals surface area contributed by atoms with Gasteiger partial charge in [0.05, 0.1) is 47.2 Å². The molecule has 42 heteroatoms. The minimum absolute atomic E-state index is 0.0679. The first-order valence-corrected chi connectivity index (χ1v) is 57.9. The minimum Gasteiger partial charge on any atom is -0.388 e. The Kier molecular flexibility index (Phi) is 41.4. The fraction of sp³-hybridized carbons (Fsp3) is 0.607. The molecule has 4 aromatic heterocycles. The van der Waals surface area contributed by atoms with Crippen LogP contribution in [-0.4, -0.2) is 346 Å². The van der Waals surface area contributed by atoms with Gasteiger partial charge in [0.1, 0.15) is 66.9 Å². The molecular formula is C84H137N12O23P5S2. The van der Waals surface area contributed by atoms with Crippen molar-refractivity contribution in [3.8, 4) is 0 Å². The van der Waals surface area contributed by atoms with E-state index in [2.05, 4.69) is 147 Å².